The summed E-state index contributed by atoms with van der Waals surface area (Å²) in [4.78, 5) is 26.0. The van der Waals surface area contributed by atoms with E-state index in [1.807, 2.05) is 59.5 Å². The van der Waals surface area contributed by atoms with Crippen molar-refractivity contribution in [2.24, 2.45) is 0 Å². The molecule has 0 bridgehead atoms. The van der Waals surface area contributed by atoms with E-state index in [4.69, 9.17) is 11.6 Å². The fourth-order valence-electron chi connectivity index (χ4n) is 3.50. The van der Waals surface area contributed by atoms with Crippen LogP contribution >= 0.6 is 11.6 Å². The summed E-state index contributed by atoms with van der Waals surface area (Å²) in [6.07, 6.45) is 2.78. The molecule has 0 saturated carbocycles. The zero-order valence-corrected chi connectivity index (χ0v) is 16.1. The van der Waals surface area contributed by atoms with Crippen LogP contribution in [0.5, 0.6) is 0 Å². The Morgan fingerprint density at radius 1 is 1.07 bits per heavy atom. The standard InChI is InChI=1S/C22H25ClN2O2/c23-19-11-9-18(10-12-19)20(17-6-2-1-3-7-17)16-21(26)24-13-5-15-25-14-4-8-22(25)27/h1-3,6-7,9-12,20H,4-5,8,13-16H2,(H,24,26)/t20-/m1/s1. The van der Waals surface area contributed by atoms with Gasteiger partial charge in [-0.2, -0.15) is 0 Å². The van der Waals surface area contributed by atoms with Crippen molar-refractivity contribution >= 4 is 23.4 Å². The molecule has 1 atom stereocenters. The van der Waals surface area contributed by atoms with Crippen molar-refractivity contribution in [1.82, 2.24) is 10.2 Å². The normalized spacial score (nSPS) is 15.0. The number of hydrogen-bond acceptors (Lipinski definition) is 2. The van der Waals surface area contributed by atoms with Crippen LogP contribution in [0.25, 0.3) is 0 Å². The Morgan fingerprint density at radius 3 is 2.44 bits per heavy atom. The van der Waals surface area contributed by atoms with Gasteiger partial charge in [-0.3, -0.25) is 9.59 Å². The molecule has 5 heteroatoms. The molecule has 1 fully saturated rings. The van der Waals surface area contributed by atoms with E-state index in [0.29, 0.717) is 24.4 Å². The topological polar surface area (TPSA) is 49.4 Å². The summed E-state index contributed by atoms with van der Waals surface area (Å²) in [5.74, 6) is 0.239. The number of carbonyl (C=O) groups excluding carboxylic acids is 2. The average molecular weight is 385 g/mol. The van der Waals surface area contributed by atoms with Gasteiger partial charge in [-0.25, -0.2) is 0 Å². The van der Waals surface area contributed by atoms with Crippen LogP contribution in [0.2, 0.25) is 5.02 Å². The summed E-state index contributed by atoms with van der Waals surface area (Å²) in [7, 11) is 0. The molecule has 1 heterocycles. The van der Waals surface area contributed by atoms with Crippen molar-refractivity contribution in [2.75, 3.05) is 19.6 Å². The highest BCUT2D eigenvalue weighted by Crippen LogP contribution is 2.28. The van der Waals surface area contributed by atoms with Crippen LogP contribution in [0.15, 0.2) is 54.6 Å². The first-order chi connectivity index (χ1) is 13.1. The highest BCUT2D eigenvalue weighted by Gasteiger charge is 2.20. The molecule has 2 aromatic rings. The molecule has 1 saturated heterocycles. The Bertz CT molecular complexity index is 762. The summed E-state index contributed by atoms with van der Waals surface area (Å²) in [6, 6.07) is 17.7. The largest absolute Gasteiger partial charge is 0.356 e. The summed E-state index contributed by atoms with van der Waals surface area (Å²) in [5.41, 5.74) is 2.18. The number of likely N-dealkylation sites (tertiary alicyclic amines) is 1. The fourth-order valence-corrected chi connectivity index (χ4v) is 3.63. The van der Waals surface area contributed by atoms with Gasteiger partial charge in [0.05, 0.1) is 0 Å². The van der Waals surface area contributed by atoms with Crippen molar-refractivity contribution in [3.05, 3.63) is 70.7 Å². The van der Waals surface area contributed by atoms with Crippen LogP contribution in [0, 0.1) is 0 Å². The van der Waals surface area contributed by atoms with Gasteiger partial charge < -0.3 is 10.2 Å². The number of carbonyl (C=O) groups is 2. The minimum Gasteiger partial charge on any atom is -0.356 e. The molecule has 1 N–H and O–H groups in total. The van der Waals surface area contributed by atoms with E-state index < -0.39 is 0 Å². The second-order valence-corrected chi connectivity index (χ2v) is 7.34. The Labute approximate surface area is 165 Å². The minimum atomic E-state index is -0.0105. The molecule has 0 aromatic heterocycles. The van der Waals surface area contributed by atoms with E-state index in [0.717, 1.165) is 37.1 Å². The molecular weight excluding hydrogens is 360 g/mol. The molecule has 2 amide bonds. The van der Waals surface area contributed by atoms with Crippen LogP contribution in [-0.4, -0.2) is 36.3 Å². The van der Waals surface area contributed by atoms with E-state index in [1.54, 1.807) is 0 Å². The number of rotatable bonds is 8. The lowest BCUT2D eigenvalue weighted by Gasteiger charge is -2.19. The highest BCUT2D eigenvalue weighted by atomic mass is 35.5. The maximum Gasteiger partial charge on any atom is 0.222 e. The van der Waals surface area contributed by atoms with Gasteiger partial charge in [-0.05, 0) is 36.1 Å². The summed E-state index contributed by atoms with van der Waals surface area (Å²) < 4.78 is 0. The summed E-state index contributed by atoms with van der Waals surface area (Å²) >= 11 is 6.01. The number of nitrogens with one attached hydrogen (secondary N) is 1. The predicted molar refractivity (Wildman–Crippen MR) is 108 cm³/mol. The van der Waals surface area contributed by atoms with Gasteiger partial charge in [0.15, 0.2) is 0 Å². The molecule has 3 rings (SSSR count). The van der Waals surface area contributed by atoms with Crippen molar-refractivity contribution in [3.63, 3.8) is 0 Å². The zero-order chi connectivity index (χ0) is 19.1. The second kappa shape index (κ2) is 9.56. The van der Waals surface area contributed by atoms with Crippen LogP contribution in [0.1, 0.15) is 42.7 Å². The van der Waals surface area contributed by atoms with Gasteiger partial charge in [0, 0.05) is 43.4 Å². The van der Waals surface area contributed by atoms with Crippen molar-refractivity contribution < 1.29 is 9.59 Å². The van der Waals surface area contributed by atoms with Crippen molar-refractivity contribution in [2.45, 2.75) is 31.6 Å². The molecule has 0 radical (unpaired) electrons. The lowest BCUT2D eigenvalue weighted by atomic mass is 9.88. The molecule has 142 valence electrons. The Balaban J connectivity index is 1.56. The third-order valence-electron chi connectivity index (χ3n) is 4.96. The van der Waals surface area contributed by atoms with Crippen LogP contribution in [0.4, 0.5) is 0 Å². The molecule has 1 aliphatic rings. The molecule has 4 nitrogen and oxygen atoms in total. The van der Waals surface area contributed by atoms with E-state index in [-0.39, 0.29) is 17.7 Å². The zero-order valence-electron chi connectivity index (χ0n) is 15.4. The van der Waals surface area contributed by atoms with E-state index in [2.05, 4.69) is 5.32 Å². The number of hydrogen-bond donors (Lipinski definition) is 1. The SMILES string of the molecule is O=C(C[C@H](c1ccccc1)c1ccc(Cl)cc1)NCCCN1CCCC1=O. The van der Waals surface area contributed by atoms with E-state index in [1.165, 1.54) is 0 Å². The highest BCUT2D eigenvalue weighted by molar-refractivity contribution is 6.30. The van der Waals surface area contributed by atoms with Gasteiger partial charge in [0.2, 0.25) is 11.8 Å². The van der Waals surface area contributed by atoms with Gasteiger partial charge in [-0.1, -0.05) is 54.1 Å². The average Bonchev–Trinajstić information content (AvgIpc) is 3.10. The Kier molecular flexibility index (Phi) is 6.88. The van der Waals surface area contributed by atoms with Gasteiger partial charge in [-0.15, -0.1) is 0 Å². The molecule has 0 aliphatic carbocycles. The Hall–Kier alpha value is -2.33. The molecule has 0 spiro atoms. The Morgan fingerprint density at radius 2 is 1.78 bits per heavy atom. The smallest absolute Gasteiger partial charge is 0.222 e. The van der Waals surface area contributed by atoms with Gasteiger partial charge in [0.1, 0.15) is 0 Å². The molecule has 0 unspecified atom stereocenters. The first-order valence-corrected chi connectivity index (χ1v) is 9.86. The first-order valence-electron chi connectivity index (χ1n) is 9.48. The van der Waals surface area contributed by atoms with Crippen molar-refractivity contribution in [1.29, 1.82) is 0 Å². The second-order valence-electron chi connectivity index (χ2n) is 6.91. The molecule has 2 aromatic carbocycles. The van der Waals surface area contributed by atoms with Crippen LogP contribution < -0.4 is 5.32 Å². The lowest BCUT2D eigenvalue weighted by molar-refractivity contribution is -0.127. The number of nitrogens with zero attached hydrogens (tertiary/aromatic N) is 1. The number of halogens is 1. The van der Waals surface area contributed by atoms with Crippen LogP contribution in [-0.2, 0) is 9.59 Å². The fraction of sp³-hybridized carbons (Fsp3) is 0.364. The maximum atomic E-state index is 12.5. The number of amides is 2. The maximum absolute atomic E-state index is 12.5. The lowest BCUT2D eigenvalue weighted by Crippen LogP contribution is -2.31. The summed E-state index contributed by atoms with van der Waals surface area (Å²) in [5, 5.41) is 3.69. The van der Waals surface area contributed by atoms with Crippen molar-refractivity contribution in [3.8, 4) is 0 Å². The monoisotopic (exact) mass is 384 g/mol. The number of benzene rings is 2. The quantitative estimate of drug-likeness (QED) is 0.699. The van der Waals surface area contributed by atoms with E-state index >= 15 is 0 Å². The van der Waals surface area contributed by atoms with Gasteiger partial charge >= 0.3 is 0 Å². The van der Waals surface area contributed by atoms with E-state index in [9.17, 15) is 9.59 Å². The minimum absolute atomic E-state index is 0.0105. The third kappa shape index (κ3) is 5.57. The third-order valence-corrected chi connectivity index (χ3v) is 5.21. The first kappa shape index (κ1) is 19.4. The van der Waals surface area contributed by atoms with Gasteiger partial charge in [0.25, 0.3) is 0 Å². The summed E-state index contributed by atoms with van der Waals surface area (Å²) in [6.45, 7) is 2.16. The molecular formula is C22H25ClN2O2. The molecule has 1 aliphatic heterocycles. The van der Waals surface area contributed by atoms with Crippen LogP contribution in [0.3, 0.4) is 0 Å². The molecule has 27 heavy (non-hydrogen) atoms. The predicted octanol–water partition coefficient (Wildman–Crippen LogP) is 3.99.